The number of nitriles is 3. The van der Waals surface area contributed by atoms with E-state index in [0.717, 1.165) is 0 Å². The van der Waals surface area contributed by atoms with E-state index in [1.54, 1.807) is 30.3 Å². The molecule has 2 atom stereocenters. The van der Waals surface area contributed by atoms with Crippen LogP contribution in [0.4, 0.5) is 0 Å². The summed E-state index contributed by atoms with van der Waals surface area (Å²) < 4.78 is 0. The summed E-state index contributed by atoms with van der Waals surface area (Å²) in [6.07, 6.45) is 0.0116. The number of ketones is 1. The van der Waals surface area contributed by atoms with Gasteiger partial charge in [0.15, 0.2) is 11.2 Å². The fraction of sp³-hybridized carbons (Fsp3) is 0.278. The van der Waals surface area contributed by atoms with E-state index in [9.17, 15) is 25.4 Å². The van der Waals surface area contributed by atoms with Gasteiger partial charge in [-0.1, -0.05) is 37.3 Å². The van der Waals surface area contributed by atoms with Crippen molar-refractivity contribution in [2.45, 2.75) is 13.3 Å². The quantitative estimate of drug-likeness (QED) is 0.665. The maximum absolute atomic E-state index is 12.6. The summed E-state index contributed by atoms with van der Waals surface area (Å²) in [6, 6.07) is 13.8. The van der Waals surface area contributed by atoms with E-state index < -0.39 is 29.0 Å². The molecule has 1 aromatic rings. The van der Waals surface area contributed by atoms with Crippen LogP contribution in [-0.2, 0) is 4.79 Å². The Morgan fingerprint density at radius 1 is 1.21 bits per heavy atom. The SMILES string of the molecule is C[C@@H]1C(C=O)=C(N)[C@](C#N)(CC(=O)c2ccccc2)C1(C#N)C#N. The minimum Gasteiger partial charge on any atom is -0.400 e. The van der Waals surface area contributed by atoms with Crippen LogP contribution in [0.2, 0.25) is 0 Å². The number of nitrogens with two attached hydrogens (primary N) is 1. The average molecular weight is 318 g/mol. The lowest BCUT2D eigenvalue weighted by Gasteiger charge is -2.33. The fourth-order valence-electron chi connectivity index (χ4n) is 3.26. The number of Topliss-reactive ketones (excluding diaryl/α,β-unsaturated/α-hetero) is 1. The van der Waals surface area contributed by atoms with Crippen molar-refractivity contribution in [1.82, 2.24) is 0 Å². The summed E-state index contributed by atoms with van der Waals surface area (Å²) in [5.74, 6) is -1.29. The molecule has 0 aliphatic heterocycles. The first kappa shape index (κ1) is 16.9. The van der Waals surface area contributed by atoms with E-state index >= 15 is 0 Å². The smallest absolute Gasteiger partial charge is 0.174 e. The predicted octanol–water partition coefficient (Wildman–Crippen LogP) is 1.86. The molecule has 1 aliphatic carbocycles. The number of aldehydes is 1. The Labute approximate surface area is 139 Å². The van der Waals surface area contributed by atoms with Crippen LogP contribution in [0.15, 0.2) is 41.6 Å². The van der Waals surface area contributed by atoms with Crippen LogP contribution in [0.3, 0.4) is 0 Å². The number of allylic oxidation sites excluding steroid dienone is 2. The molecule has 2 N–H and O–H groups in total. The van der Waals surface area contributed by atoms with E-state index in [-0.39, 0.29) is 11.3 Å². The lowest BCUT2D eigenvalue weighted by atomic mass is 9.60. The first-order chi connectivity index (χ1) is 11.4. The molecule has 118 valence electrons. The van der Waals surface area contributed by atoms with E-state index in [2.05, 4.69) is 0 Å². The maximum atomic E-state index is 12.6. The average Bonchev–Trinajstić information content (AvgIpc) is 2.79. The second-order valence-corrected chi connectivity index (χ2v) is 5.72. The van der Waals surface area contributed by atoms with Crippen molar-refractivity contribution >= 4 is 12.1 Å². The second kappa shape index (κ2) is 5.99. The molecule has 24 heavy (non-hydrogen) atoms. The standard InChI is InChI=1S/C18H14N4O2/c1-12-14(8-23)16(22)17(9-19,18(12,10-20)11-21)7-15(24)13-5-3-2-4-6-13/h2-6,8,12H,7,22H2,1H3/t12-,17-/m1/s1. The van der Waals surface area contributed by atoms with Crippen molar-refractivity contribution in [2.24, 2.45) is 22.5 Å². The normalized spacial score (nSPS) is 24.5. The third kappa shape index (κ3) is 2.00. The summed E-state index contributed by atoms with van der Waals surface area (Å²) in [5.41, 5.74) is 2.44. The van der Waals surface area contributed by atoms with Crippen molar-refractivity contribution < 1.29 is 9.59 Å². The van der Waals surface area contributed by atoms with Crippen LogP contribution in [0.1, 0.15) is 23.7 Å². The number of hydrogen-bond donors (Lipinski definition) is 1. The Balaban J connectivity index is 2.65. The minimum absolute atomic E-state index is 0.0283. The molecule has 0 fully saturated rings. The first-order valence-corrected chi connectivity index (χ1v) is 7.21. The highest BCUT2D eigenvalue weighted by Crippen LogP contribution is 2.58. The molecule has 0 saturated carbocycles. The molecule has 0 radical (unpaired) electrons. The number of rotatable bonds is 4. The van der Waals surface area contributed by atoms with Gasteiger partial charge >= 0.3 is 0 Å². The molecule has 0 amide bonds. The molecule has 0 aromatic heterocycles. The number of benzene rings is 1. The van der Waals surface area contributed by atoms with Gasteiger partial charge in [0.05, 0.1) is 18.2 Å². The van der Waals surface area contributed by atoms with Gasteiger partial charge in [0.1, 0.15) is 11.7 Å². The Morgan fingerprint density at radius 2 is 1.79 bits per heavy atom. The zero-order valence-corrected chi connectivity index (χ0v) is 13.0. The topological polar surface area (TPSA) is 132 Å². The molecule has 0 heterocycles. The van der Waals surface area contributed by atoms with Gasteiger partial charge in [-0.05, 0) is 0 Å². The minimum atomic E-state index is -1.90. The molecule has 0 spiro atoms. The van der Waals surface area contributed by atoms with E-state index in [1.165, 1.54) is 6.92 Å². The Kier molecular flexibility index (Phi) is 4.22. The monoisotopic (exact) mass is 318 g/mol. The van der Waals surface area contributed by atoms with E-state index in [4.69, 9.17) is 5.73 Å². The van der Waals surface area contributed by atoms with Crippen LogP contribution in [0.25, 0.3) is 0 Å². The van der Waals surface area contributed by atoms with Crippen LogP contribution in [-0.4, -0.2) is 12.1 Å². The molecule has 1 aromatic carbocycles. The lowest BCUT2D eigenvalue weighted by Crippen LogP contribution is -2.43. The van der Waals surface area contributed by atoms with Gasteiger partial charge in [-0.25, -0.2) is 0 Å². The van der Waals surface area contributed by atoms with Crippen molar-refractivity contribution in [2.75, 3.05) is 0 Å². The second-order valence-electron chi connectivity index (χ2n) is 5.72. The van der Waals surface area contributed by atoms with Gasteiger partial charge < -0.3 is 5.73 Å². The molecule has 6 nitrogen and oxygen atoms in total. The Hall–Kier alpha value is -3.43. The largest absolute Gasteiger partial charge is 0.400 e. The summed E-state index contributed by atoms with van der Waals surface area (Å²) >= 11 is 0. The summed E-state index contributed by atoms with van der Waals surface area (Å²) in [7, 11) is 0. The van der Waals surface area contributed by atoms with Gasteiger partial charge in [-0.15, -0.1) is 0 Å². The summed E-state index contributed by atoms with van der Waals surface area (Å²) in [5, 5.41) is 29.0. The van der Waals surface area contributed by atoms with E-state index in [1.807, 2.05) is 18.2 Å². The van der Waals surface area contributed by atoms with Crippen LogP contribution in [0, 0.1) is 50.7 Å². The van der Waals surface area contributed by atoms with Crippen molar-refractivity contribution in [3.05, 3.63) is 47.2 Å². The third-order valence-corrected chi connectivity index (χ3v) is 4.75. The molecule has 2 rings (SSSR count). The van der Waals surface area contributed by atoms with Gasteiger partial charge in [-0.2, -0.15) is 15.8 Å². The zero-order valence-electron chi connectivity index (χ0n) is 13.0. The highest BCUT2D eigenvalue weighted by Gasteiger charge is 2.65. The molecule has 0 saturated heterocycles. The summed E-state index contributed by atoms with van der Waals surface area (Å²) in [6.45, 7) is 1.50. The zero-order chi connectivity index (χ0) is 18.0. The first-order valence-electron chi connectivity index (χ1n) is 7.21. The lowest BCUT2D eigenvalue weighted by molar-refractivity contribution is -0.105. The van der Waals surface area contributed by atoms with Crippen LogP contribution < -0.4 is 5.73 Å². The Morgan fingerprint density at radius 3 is 2.25 bits per heavy atom. The third-order valence-electron chi connectivity index (χ3n) is 4.75. The van der Waals surface area contributed by atoms with Crippen LogP contribution in [0.5, 0.6) is 0 Å². The fourth-order valence-corrected chi connectivity index (χ4v) is 3.26. The highest BCUT2D eigenvalue weighted by atomic mass is 16.1. The molecule has 6 heteroatoms. The molecule has 0 unspecified atom stereocenters. The van der Waals surface area contributed by atoms with Gasteiger partial charge in [0.25, 0.3) is 0 Å². The molecular formula is C18H14N4O2. The number of hydrogen-bond acceptors (Lipinski definition) is 6. The van der Waals surface area contributed by atoms with Gasteiger partial charge in [0.2, 0.25) is 0 Å². The highest BCUT2D eigenvalue weighted by molar-refractivity contribution is 5.97. The molecule has 0 bridgehead atoms. The molecule has 1 aliphatic rings. The summed E-state index contributed by atoms with van der Waals surface area (Å²) in [4.78, 5) is 24.0. The van der Waals surface area contributed by atoms with Crippen molar-refractivity contribution in [3.8, 4) is 18.2 Å². The number of carbonyl (C=O) groups excluding carboxylic acids is 2. The van der Waals surface area contributed by atoms with Crippen molar-refractivity contribution in [1.29, 1.82) is 15.8 Å². The van der Waals surface area contributed by atoms with Crippen LogP contribution >= 0.6 is 0 Å². The predicted molar refractivity (Wildman–Crippen MR) is 83.5 cm³/mol. The van der Waals surface area contributed by atoms with Gasteiger partial charge in [0, 0.05) is 29.2 Å². The Bertz CT molecular complexity index is 838. The van der Waals surface area contributed by atoms with E-state index in [0.29, 0.717) is 11.8 Å². The maximum Gasteiger partial charge on any atom is 0.174 e. The number of nitrogens with zero attached hydrogens (tertiary/aromatic N) is 3. The van der Waals surface area contributed by atoms with Crippen molar-refractivity contribution in [3.63, 3.8) is 0 Å². The number of carbonyl (C=O) groups is 2. The van der Waals surface area contributed by atoms with Gasteiger partial charge in [-0.3, -0.25) is 9.59 Å². The molecular weight excluding hydrogens is 304 g/mol.